The third kappa shape index (κ3) is 1.83. The Hall–Kier alpha value is -2.15. The van der Waals surface area contributed by atoms with Gasteiger partial charge in [0.1, 0.15) is 7.05 Å². The molecule has 3 aromatic rings. The van der Waals surface area contributed by atoms with Crippen LogP contribution < -0.4 is 4.57 Å². The first-order valence-electron chi connectivity index (χ1n) is 8.72. The smallest absolute Gasteiger partial charge is 0.200 e. The van der Waals surface area contributed by atoms with Crippen LogP contribution in [0.25, 0.3) is 22.0 Å². The van der Waals surface area contributed by atoms with Gasteiger partial charge in [0.2, 0.25) is 5.69 Å². The van der Waals surface area contributed by atoms with Gasteiger partial charge in [0.05, 0.1) is 10.9 Å². The van der Waals surface area contributed by atoms with E-state index in [2.05, 4.69) is 67.2 Å². The van der Waals surface area contributed by atoms with Crippen molar-refractivity contribution in [3.8, 4) is 11.3 Å². The highest BCUT2D eigenvalue weighted by Crippen LogP contribution is 2.52. The van der Waals surface area contributed by atoms with E-state index in [0.29, 0.717) is 0 Å². The van der Waals surface area contributed by atoms with E-state index in [-0.39, 0.29) is 0 Å². The number of hydrogen-bond acceptors (Lipinski definition) is 0. The van der Waals surface area contributed by atoms with E-state index in [0.717, 1.165) is 11.8 Å². The van der Waals surface area contributed by atoms with E-state index in [9.17, 15) is 0 Å². The SMILES string of the molecule is Cc1ccc2c(c1-c1c3ccccc3cc[n+]1C)CC1CC2C1. The number of pyridine rings is 1. The van der Waals surface area contributed by atoms with Crippen molar-refractivity contribution < 1.29 is 4.57 Å². The Morgan fingerprint density at radius 2 is 1.83 bits per heavy atom. The van der Waals surface area contributed by atoms with Crippen LogP contribution in [-0.4, -0.2) is 0 Å². The van der Waals surface area contributed by atoms with Crippen LogP contribution in [0.1, 0.15) is 35.4 Å². The van der Waals surface area contributed by atoms with E-state index < -0.39 is 0 Å². The number of aromatic nitrogens is 1. The van der Waals surface area contributed by atoms with Gasteiger partial charge in [-0.15, -0.1) is 0 Å². The summed E-state index contributed by atoms with van der Waals surface area (Å²) < 4.78 is 2.31. The van der Waals surface area contributed by atoms with Crippen molar-refractivity contribution in [3.63, 3.8) is 0 Å². The summed E-state index contributed by atoms with van der Waals surface area (Å²) >= 11 is 0. The first-order valence-corrected chi connectivity index (χ1v) is 8.72. The number of fused-ring (bicyclic) bond motifs is 1. The lowest BCUT2D eigenvalue weighted by molar-refractivity contribution is -0.659. The molecule has 0 aliphatic heterocycles. The van der Waals surface area contributed by atoms with Crippen LogP contribution in [0, 0.1) is 12.8 Å². The Morgan fingerprint density at radius 1 is 1.00 bits per heavy atom. The molecule has 1 fully saturated rings. The Kier molecular flexibility index (Phi) is 2.70. The molecule has 1 heterocycles. The Labute approximate surface area is 137 Å². The van der Waals surface area contributed by atoms with Gasteiger partial charge in [0.15, 0.2) is 6.20 Å². The van der Waals surface area contributed by atoms with E-state index in [1.165, 1.54) is 46.9 Å². The zero-order chi connectivity index (χ0) is 15.6. The average Bonchev–Trinajstić information content (AvgIpc) is 2.54. The highest BCUT2D eigenvalue weighted by molar-refractivity contribution is 5.94. The molecule has 114 valence electrons. The largest absolute Gasteiger partial charge is 0.220 e. The Morgan fingerprint density at radius 3 is 2.70 bits per heavy atom. The van der Waals surface area contributed by atoms with Gasteiger partial charge in [-0.1, -0.05) is 30.3 Å². The number of rotatable bonds is 1. The topological polar surface area (TPSA) is 3.88 Å². The van der Waals surface area contributed by atoms with Crippen LogP contribution in [0.4, 0.5) is 0 Å². The molecule has 1 nitrogen and oxygen atoms in total. The molecule has 3 aliphatic carbocycles. The molecule has 0 atom stereocenters. The van der Waals surface area contributed by atoms with Gasteiger partial charge in [-0.2, -0.15) is 0 Å². The maximum Gasteiger partial charge on any atom is 0.220 e. The molecule has 1 aromatic heterocycles. The fourth-order valence-corrected chi connectivity index (χ4v) is 4.78. The van der Waals surface area contributed by atoms with E-state index in [1.54, 1.807) is 11.1 Å². The van der Waals surface area contributed by atoms with Crippen LogP contribution in [0.5, 0.6) is 0 Å². The second kappa shape index (κ2) is 4.67. The summed E-state index contributed by atoms with van der Waals surface area (Å²) in [5.41, 5.74) is 7.55. The second-order valence-corrected chi connectivity index (χ2v) is 7.43. The maximum absolute atomic E-state index is 2.40. The summed E-state index contributed by atoms with van der Waals surface area (Å²) in [6.45, 7) is 2.28. The van der Waals surface area contributed by atoms with Gasteiger partial charge >= 0.3 is 0 Å². The zero-order valence-electron chi connectivity index (χ0n) is 13.8. The van der Waals surface area contributed by atoms with Gasteiger partial charge in [-0.3, -0.25) is 0 Å². The van der Waals surface area contributed by atoms with Crippen molar-refractivity contribution in [2.75, 3.05) is 0 Å². The summed E-state index contributed by atoms with van der Waals surface area (Å²) in [5, 5.41) is 2.70. The second-order valence-electron chi connectivity index (χ2n) is 7.43. The monoisotopic (exact) mass is 300 g/mol. The van der Waals surface area contributed by atoms with Crippen molar-refractivity contribution in [3.05, 3.63) is 65.4 Å². The lowest BCUT2D eigenvalue weighted by Crippen LogP contribution is -2.34. The molecule has 23 heavy (non-hydrogen) atoms. The molecular formula is C22H22N+. The van der Waals surface area contributed by atoms with Crippen LogP contribution >= 0.6 is 0 Å². The molecule has 0 radical (unpaired) electrons. The first-order chi connectivity index (χ1) is 11.2. The van der Waals surface area contributed by atoms with E-state index >= 15 is 0 Å². The highest BCUT2D eigenvalue weighted by atomic mass is 14.9. The van der Waals surface area contributed by atoms with Crippen molar-refractivity contribution in [1.82, 2.24) is 0 Å². The molecule has 0 saturated heterocycles. The Bertz CT molecular complexity index is 932. The predicted molar refractivity (Wildman–Crippen MR) is 94.5 cm³/mol. The normalized spacial score (nSPS) is 21.8. The van der Waals surface area contributed by atoms with Crippen molar-refractivity contribution in [2.45, 2.75) is 32.1 Å². The maximum atomic E-state index is 2.40. The molecule has 1 saturated carbocycles. The fraction of sp³-hybridized carbons (Fsp3) is 0.318. The van der Waals surface area contributed by atoms with Gasteiger partial charge in [0, 0.05) is 6.07 Å². The molecule has 0 unspecified atom stereocenters. The predicted octanol–water partition coefficient (Wildman–Crippen LogP) is 4.69. The fourth-order valence-electron chi connectivity index (χ4n) is 4.78. The average molecular weight is 300 g/mol. The summed E-state index contributed by atoms with van der Waals surface area (Å²) in [4.78, 5) is 0. The summed E-state index contributed by atoms with van der Waals surface area (Å²) in [6.07, 6.45) is 6.31. The molecule has 0 spiro atoms. The number of benzene rings is 2. The first kappa shape index (κ1) is 13.3. The number of hydrogen-bond donors (Lipinski definition) is 0. The zero-order valence-corrected chi connectivity index (χ0v) is 13.8. The van der Waals surface area contributed by atoms with Crippen LogP contribution in [0.3, 0.4) is 0 Å². The van der Waals surface area contributed by atoms with E-state index in [4.69, 9.17) is 0 Å². The minimum absolute atomic E-state index is 0.823. The summed E-state index contributed by atoms with van der Waals surface area (Å²) in [7, 11) is 2.18. The molecule has 1 heteroatoms. The molecular weight excluding hydrogens is 278 g/mol. The molecule has 2 aromatic carbocycles. The quantitative estimate of drug-likeness (QED) is 0.574. The van der Waals surface area contributed by atoms with Gasteiger partial charge < -0.3 is 0 Å². The van der Waals surface area contributed by atoms with Gasteiger partial charge in [-0.05, 0) is 66.2 Å². The molecule has 0 N–H and O–H groups in total. The molecule has 2 bridgehead atoms. The molecule has 6 rings (SSSR count). The van der Waals surface area contributed by atoms with Crippen molar-refractivity contribution in [2.24, 2.45) is 13.0 Å². The van der Waals surface area contributed by atoms with Crippen molar-refractivity contribution >= 4 is 10.8 Å². The van der Waals surface area contributed by atoms with E-state index in [1.807, 2.05) is 0 Å². The third-order valence-electron chi connectivity index (χ3n) is 6.01. The van der Waals surface area contributed by atoms with Crippen LogP contribution in [-0.2, 0) is 13.5 Å². The van der Waals surface area contributed by atoms with Crippen molar-refractivity contribution in [1.29, 1.82) is 0 Å². The Balaban J connectivity index is 1.87. The molecule has 0 amide bonds. The summed E-state index contributed by atoms with van der Waals surface area (Å²) in [5.74, 6) is 1.75. The lowest BCUT2D eigenvalue weighted by Gasteiger charge is -2.43. The van der Waals surface area contributed by atoms with Crippen LogP contribution in [0.15, 0.2) is 48.7 Å². The van der Waals surface area contributed by atoms with Gasteiger partial charge in [-0.25, -0.2) is 4.57 Å². The van der Waals surface area contributed by atoms with Gasteiger partial charge in [0.25, 0.3) is 0 Å². The summed E-state index contributed by atoms with van der Waals surface area (Å²) in [6, 6.07) is 15.8. The lowest BCUT2D eigenvalue weighted by atomic mass is 9.61. The number of nitrogens with zero attached hydrogens (tertiary/aromatic N) is 1. The number of aryl methyl sites for hydroxylation is 2. The third-order valence-corrected chi connectivity index (χ3v) is 6.01. The standard InChI is InChI=1S/C22H22N/c1-14-7-8-18-17-11-15(12-17)13-20(18)21(14)22-19-6-4-3-5-16(19)9-10-23(22)2/h3-10,15,17H,11-13H2,1-2H3/q+1. The molecule has 3 aliphatic rings. The minimum atomic E-state index is 0.823. The minimum Gasteiger partial charge on any atom is -0.200 e. The highest BCUT2D eigenvalue weighted by Gasteiger charge is 2.39. The van der Waals surface area contributed by atoms with Crippen LogP contribution in [0.2, 0.25) is 0 Å².